The van der Waals surface area contributed by atoms with Crippen molar-refractivity contribution in [1.29, 1.82) is 0 Å². The van der Waals surface area contributed by atoms with E-state index < -0.39 is 0 Å². The largest absolute Gasteiger partial charge is 0.350 e. The Balaban J connectivity index is 2.17. The van der Waals surface area contributed by atoms with Gasteiger partial charge in [-0.25, -0.2) is 0 Å². The molecule has 0 unspecified atom stereocenters. The van der Waals surface area contributed by atoms with Crippen LogP contribution in [0.4, 0.5) is 0 Å². The van der Waals surface area contributed by atoms with Crippen LogP contribution in [-0.4, -0.2) is 4.57 Å². The van der Waals surface area contributed by atoms with Gasteiger partial charge in [0.25, 0.3) is 0 Å². The van der Waals surface area contributed by atoms with Crippen molar-refractivity contribution in [3.63, 3.8) is 0 Å². The number of aromatic nitrogens is 1. The summed E-state index contributed by atoms with van der Waals surface area (Å²) in [4.78, 5) is 0. The molecular weight excluding hydrogens is 230 g/mol. The lowest BCUT2D eigenvalue weighted by molar-refractivity contribution is 0.937. The molecule has 0 fully saturated rings. The maximum atomic E-state index is 2.19. The molecule has 0 amide bonds. The van der Waals surface area contributed by atoms with Crippen LogP contribution in [-0.2, 0) is 7.05 Å². The van der Waals surface area contributed by atoms with E-state index in [1.54, 1.807) is 0 Å². The molecule has 19 heavy (non-hydrogen) atoms. The topological polar surface area (TPSA) is 4.93 Å². The Labute approximate surface area is 114 Å². The number of nitrogens with zero attached hydrogens (tertiary/aromatic N) is 1. The smallest absolute Gasteiger partial charge is 0.0557 e. The molecule has 2 aromatic carbocycles. The third-order valence-electron chi connectivity index (χ3n) is 3.48. The first kappa shape index (κ1) is 11.8. The lowest BCUT2D eigenvalue weighted by Gasteiger charge is -2.09. The lowest BCUT2D eigenvalue weighted by Crippen LogP contribution is -1.91. The third kappa shape index (κ3) is 2.19. The molecule has 3 rings (SSSR count). The molecule has 0 N–H and O–H groups in total. The van der Waals surface area contributed by atoms with Crippen molar-refractivity contribution in [2.45, 2.75) is 6.92 Å². The molecule has 0 atom stereocenters. The first-order valence-corrected chi connectivity index (χ1v) is 6.53. The van der Waals surface area contributed by atoms with Gasteiger partial charge in [0.05, 0.1) is 5.69 Å². The van der Waals surface area contributed by atoms with E-state index >= 15 is 0 Å². The molecule has 0 aliphatic heterocycles. The monoisotopic (exact) mass is 247 g/mol. The van der Waals surface area contributed by atoms with Crippen LogP contribution in [0.2, 0.25) is 0 Å². The molecule has 0 saturated carbocycles. The molecule has 1 heterocycles. The molecule has 94 valence electrons. The van der Waals surface area contributed by atoms with Gasteiger partial charge in [-0.05, 0) is 24.1 Å². The van der Waals surface area contributed by atoms with Crippen molar-refractivity contribution in [3.05, 3.63) is 72.4 Å². The number of aryl methyl sites for hydroxylation is 2. The predicted octanol–water partition coefficient (Wildman–Crippen LogP) is 4.67. The summed E-state index contributed by atoms with van der Waals surface area (Å²) in [6.45, 7) is 2.12. The Morgan fingerprint density at radius 3 is 2.11 bits per heavy atom. The van der Waals surface area contributed by atoms with Crippen LogP contribution in [0.3, 0.4) is 0 Å². The van der Waals surface area contributed by atoms with Crippen LogP contribution in [0.1, 0.15) is 5.56 Å². The van der Waals surface area contributed by atoms with E-state index in [-0.39, 0.29) is 0 Å². The van der Waals surface area contributed by atoms with Gasteiger partial charge in [-0.15, -0.1) is 0 Å². The van der Waals surface area contributed by atoms with E-state index in [1.165, 1.54) is 27.9 Å². The number of rotatable bonds is 2. The van der Waals surface area contributed by atoms with Crippen molar-refractivity contribution in [2.75, 3.05) is 0 Å². The van der Waals surface area contributed by atoms with Gasteiger partial charge >= 0.3 is 0 Å². The Morgan fingerprint density at radius 1 is 0.737 bits per heavy atom. The van der Waals surface area contributed by atoms with E-state index in [0.717, 1.165) is 0 Å². The van der Waals surface area contributed by atoms with Crippen LogP contribution in [0.25, 0.3) is 22.4 Å². The van der Waals surface area contributed by atoms with E-state index in [2.05, 4.69) is 85.4 Å². The van der Waals surface area contributed by atoms with Gasteiger partial charge in [-0.3, -0.25) is 0 Å². The van der Waals surface area contributed by atoms with Gasteiger partial charge in [0.15, 0.2) is 0 Å². The molecule has 1 nitrogen and oxygen atoms in total. The molecule has 0 spiro atoms. The molecule has 0 saturated heterocycles. The van der Waals surface area contributed by atoms with Crippen molar-refractivity contribution in [1.82, 2.24) is 4.57 Å². The maximum Gasteiger partial charge on any atom is 0.0557 e. The predicted molar refractivity (Wildman–Crippen MR) is 81.0 cm³/mol. The Bertz CT molecular complexity index is 675. The van der Waals surface area contributed by atoms with E-state index in [4.69, 9.17) is 0 Å². The Kier molecular flexibility index (Phi) is 2.96. The van der Waals surface area contributed by atoms with Crippen LogP contribution in [0, 0.1) is 6.92 Å². The zero-order chi connectivity index (χ0) is 13.2. The fourth-order valence-electron chi connectivity index (χ4n) is 2.45. The summed E-state index contributed by atoms with van der Waals surface area (Å²) in [5.41, 5.74) is 6.37. The van der Waals surface area contributed by atoms with Crippen molar-refractivity contribution >= 4 is 0 Å². The Morgan fingerprint density at radius 2 is 1.42 bits per heavy atom. The van der Waals surface area contributed by atoms with Gasteiger partial charge in [0.1, 0.15) is 0 Å². The van der Waals surface area contributed by atoms with Gasteiger partial charge in [-0.1, -0.05) is 60.2 Å². The molecule has 0 bridgehead atoms. The highest BCUT2D eigenvalue weighted by molar-refractivity contribution is 5.81. The highest BCUT2D eigenvalue weighted by Crippen LogP contribution is 2.32. The molecule has 1 aromatic heterocycles. The van der Waals surface area contributed by atoms with E-state index in [1.807, 2.05) is 0 Å². The number of hydrogen-bond donors (Lipinski definition) is 0. The summed E-state index contributed by atoms with van der Waals surface area (Å²) in [6.07, 6.45) is 2.12. The quantitative estimate of drug-likeness (QED) is 0.620. The standard InChI is InChI=1S/C18H17N/c1-14-8-10-16(11-9-14)18-17(12-13-19(18)2)15-6-4-3-5-7-15/h3-13H,1-2H3. The average Bonchev–Trinajstić information content (AvgIpc) is 2.83. The number of hydrogen-bond acceptors (Lipinski definition) is 0. The average molecular weight is 247 g/mol. The second-order valence-electron chi connectivity index (χ2n) is 4.92. The Hall–Kier alpha value is -2.28. The first-order chi connectivity index (χ1) is 9.25. The second-order valence-corrected chi connectivity index (χ2v) is 4.92. The first-order valence-electron chi connectivity index (χ1n) is 6.53. The van der Waals surface area contributed by atoms with Gasteiger partial charge < -0.3 is 4.57 Å². The summed E-state index contributed by atoms with van der Waals surface area (Å²) < 4.78 is 2.19. The van der Waals surface area contributed by atoms with Gasteiger partial charge in [0, 0.05) is 18.8 Å². The van der Waals surface area contributed by atoms with Crippen LogP contribution in [0.15, 0.2) is 66.9 Å². The summed E-state index contributed by atoms with van der Waals surface area (Å²) in [5, 5.41) is 0. The molecule has 3 aromatic rings. The fourth-order valence-corrected chi connectivity index (χ4v) is 2.45. The minimum absolute atomic E-state index is 1.26. The minimum Gasteiger partial charge on any atom is -0.350 e. The van der Waals surface area contributed by atoms with Crippen LogP contribution < -0.4 is 0 Å². The molecule has 1 heteroatoms. The molecule has 0 radical (unpaired) electrons. The number of benzene rings is 2. The van der Waals surface area contributed by atoms with Crippen LogP contribution in [0.5, 0.6) is 0 Å². The third-order valence-corrected chi connectivity index (χ3v) is 3.48. The lowest BCUT2D eigenvalue weighted by atomic mass is 10.0. The van der Waals surface area contributed by atoms with Crippen molar-refractivity contribution in [3.8, 4) is 22.4 Å². The minimum atomic E-state index is 1.26. The highest BCUT2D eigenvalue weighted by atomic mass is 14.9. The summed E-state index contributed by atoms with van der Waals surface area (Å²) >= 11 is 0. The fraction of sp³-hybridized carbons (Fsp3) is 0.111. The van der Waals surface area contributed by atoms with Gasteiger partial charge in [-0.2, -0.15) is 0 Å². The van der Waals surface area contributed by atoms with E-state index in [9.17, 15) is 0 Å². The van der Waals surface area contributed by atoms with Crippen molar-refractivity contribution < 1.29 is 0 Å². The molecule has 0 aliphatic carbocycles. The maximum absolute atomic E-state index is 2.19. The van der Waals surface area contributed by atoms with Crippen molar-refractivity contribution in [2.24, 2.45) is 7.05 Å². The molecule has 0 aliphatic rings. The van der Waals surface area contributed by atoms with E-state index in [0.29, 0.717) is 0 Å². The van der Waals surface area contributed by atoms with Crippen LogP contribution >= 0.6 is 0 Å². The van der Waals surface area contributed by atoms with Gasteiger partial charge in [0.2, 0.25) is 0 Å². The SMILES string of the molecule is Cc1ccc(-c2c(-c3ccccc3)ccn2C)cc1. The summed E-state index contributed by atoms with van der Waals surface area (Å²) in [7, 11) is 2.10. The highest BCUT2D eigenvalue weighted by Gasteiger charge is 2.10. The summed E-state index contributed by atoms with van der Waals surface area (Å²) in [6, 6.07) is 21.4. The molecular formula is C18H17N. The normalized spacial score (nSPS) is 10.6. The summed E-state index contributed by atoms with van der Waals surface area (Å²) in [5.74, 6) is 0. The zero-order valence-electron chi connectivity index (χ0n) is 11.3. The zero-order valence-corrected chi connectivity index (χ0v) is 11.3. The second kappa shape index (κ2) is 4.77.